The van der Waals surface area contributed by atoms with Gasteiger partial charge in [0.25, 0.3) is 0 Å². The summed E-state index contributed by atoms with van der Waals surface area (Å²) in [5.41, 5.74) is -1.40. The van der Waals surface area contributed by atoms with E-state index < -0.39 is 23.9 Å². The second-order valence-electron chi connectivity index (χ2n) is 4.14. The first-order valence-electron chi connectivity index (χ1n) is 3.86. The molecule has 0 aliphatic heterocycles. The summed E-state index contributed by atoms with van der Waals surface area (Å²) in [6.45, 7) is 1.37. The Kier molecular flexibility index (Phi) is 3.05. The molecule has 0 aliphatic rings. The van der Waals surface area contributed by atoms with Gasteiger partial charge in [-0.15, -0.1) is 0 Å². The van der Waals surface area contributed by atoms with Crippen molar-refractivity contribution in [1.82, 2.24) is 0 Å². The number of quaternary nitrogens is 1. The molecular weight excluding hydrogens is 174 g/mol. The molecule has 0 rings (SSSR count). The summed E-state index contributed by atoms with van der Waals surface area (Å²) < 4.78 is 0.0155. The lowest BCUT2D eigenvalue weighted by atomic mass is 9.94. The van der Waals surface area contributed by atoms with Crippen molar-refractivity contribution in [2.24, 2.45) is 0 Å². The lowest BCUT2D eigenvalue weighted by Crippen LogP contribution is -2.65. The molecule has 0 fully saturated rings. The van der Waals surface area contributed by atoms with E-state index in [0.717, 1.165) is 0 Å². The van der Waals surface area contributed by atoms with Gasteiger partial charge in [0.2, 0.25) is 0 Å². The number of carboxylic acid groups (broad SMARTS) is 2. The van der Waals surface area contributed by atoms with Crippen LogP contribution in [0.3, 0.4) is 0 Å². The highest BCUT2D eigenvalue weighted by Crippen LogP contribution is 2.21. The van der Waals surface area contributed by atoms with Gasteiger partial charge in [-0.05, 0) is 6.92 Å². The Labute approximate surface area is 77.2 Å². The monoisotopic (exact) mass is 189 g/mol. The van der Waals surface area contributed by atoms with E-state index in [1.807, 2.05) is 0 Å². The molecule has 76 valence electrons. The first kappa shape index (κ1) is 11.9. The van der Waals surface area contributed by atoms with Crippen molar-refractivity contribution in [2.75, 3.05) is 21.1 Å². The Morgan fingerprint density at radius 2 is 1.77 bits per heavy atom. The van der Waals surface area contributed by atoms with E-state index >= 15 is 0 Å². The minimum Gasteiger partial charge on any atom is -0.544 e. The molecule has 1 N–H and O–H groups in total. The number of aliphatic carboxylic acids is 2. The molecule has 0 radical (unpaired) electrons. The number of carbonyl (C=O) groups is 2. The molecule has 0 bridgehead atoms. The van der Waals surface area contributed by atoms with Gasteiger partial charge in [0.05, 0.1) is 21.1 Å². The minimum atomic E-state index is -1.40. The third-order valence-corrected chi connectivity index (χ3v) is 2.42. The van der Waals surface area contributed by atoms with Gasteiger partial charge in [-0.1, -0.05) is 0 Å². The second kappa shape index (κ2) is 3.33. The third-order valence-electron chi connectivity index (χ3n) is 2.42. The number of hydrogen-bond acceptors (Lipinski definition) is 3. The summed E-state index contributed by atoms with van der Waals surface area (Å²) in [5, 5.41) is 19.4. The Hall–Kier alpha value is -1.10. The molecule has 0 saturated carbocycles. The fourth-order valence-electron chi connectivity index (χ4n) is 0.878. The number of likely N-dealkylation sites (N-methyl/N-ethyl adjacent to an activating group) is 1. The van der Waals surface area contributed by atoms with Gasteiger partial charge in [0, 0.05) is 0 Å². The van der Waals surface area contributed by atoms with Crippen molar-refractivity contribution in [1.29, 1.82) is 0 Å². The van der Waals surface area contributed by atoms with E-state index in [4.69, 9.17) is 5.11 Å². The van der Waals surface area contributed by atoms with E-state index in [1.54, 1.807) is 21.1 Å². The van der Waals surface area contributed by atoms with Crippen LogP contribution in [0.15, 0.2) is 0 Å². The molecule has 5 nitrogen and oxygen atoms in total. The van der Waals surface area contributed by atoms with Crippen LogP contribution in [-0.4, -0.2) is 48.2 Å². The Morgan fingerprint density at radius 1 is 1.38 bits per heavy atom. The minimum absolute atomic E-state index is 0.0155. The summed E-state index contributed by atoms with van der Waals surface area (Å²) in [4.78, 5) is 21.3. The van der Waals surface area contributed by atoms with Crippen LogP contribution < -0.4 is 5.11 Å². The van der Waals surface area contributed by atoms with E-state index in [1.165, 1.54) is 6.92 Å². The number of hydrogen-bond donors (Lipinski definition) is 1. The van der Waals surface area contributed by atoms with E-state index in [-0.39, 0.29) is 4.48 Å². The topological polar surface area (TPSA) is 77.4 Å². The van der Waals surface area contributed by atoms with E-state index in [0.29, 0.717) is 0 Å². The highest BCUT2D eigenvalue weighted by atomic mass is 16.4. The van der Waals surface area contributed by atoms with Crippen molar-refractivity contribution in [3.8, 4) is 0 Å². The largest absolute Gasteiger partial charge is 0.544 e. The van der Waals surface area contributed by atoms with Gasteiger partial charge in [0.15, 0.2) is 0 Å². The van der Waals surface area contributed by atoms with E-state index in [2.05, 4.69) is 0 Å². The van der Waals surface area contributed by atoms with Crippen LogP contribution in [0.2, 0.25) is 0 Å². The lowest BCUT2D eigenvalue weighted by Gasteiger charge is -2.43. The van der Waals surface area contributed by atoms with Gasteiger partial charge in [-0.25, -0.2) is 0 Å². The van der Waals surface area contributed by atoms with Crippen molar-refractivity contribution in [3.05, 3.63) is 0 Å². The Bertz CT molecular complexity index is 231. The predicted molar refractivity (Wildman–Crippen MR) is 43.7 cm³/mol. The number of carboxylic acids is 2. The van der Waals surface area contributed by atoms with Crippen LogP contribution in [0.25, 0.3) is 0 Å². The molecular formula is C8H15NO4. The molecule has 0 saturated heterocycles. The van der Waals surface area contributed by atoms with Crippen LogP contribution in [-0.2, 0) is 9.59 Å². The Balaban J connectivity index is 4.96. The maximum Gasteiger partial charge on any atom is 0.310 e. The maximum absolute atomic E-state index is 10.8. The first-order valence-corrected chi connectivity index (χ1v) is 3.86. The van der Waals surface area contributed by atoms with Crippen molar-refractivity contribution < 1.29 is 24.3 Å². The molecule has 0 aromatic carbocycles. The standard InChI is InChI=1S/C8H15NO4/c1-8(7(12)13,5-6(10)11)9(2,3)4/h5H2,1-4H3,(H-,10,11,12,13). The summed E-state index contributed by atoms with van der Waals surface area (Å²) in [6.07, 6.45) is -0.446. The van der Waals surface area contributed by atoms with Gasteiger partial charge < -0.3 is 19.5 Å². The SMILES string of the molecule is CC(CC(=O)O)(C(=O)[O-])[N+](C)(C)C. The average Bonchev–Trinajstić information content (AvgIpc) is 1.82. The molecule has 13 heavy (non-hydrogen) atoms. The summed E-state index contributed by atoms with van der Waals surface area (Å²) in [6, 6.07) is 0. The van der Waals surface area contributed by atoms with Gasteiger partial charge >= 0.3 is 5.97 Å². The molecule has 0 aromatic heterocycles. The Morgan fingerprint density at radius 3 is 1.85 bits per heavy atom. The summed E-state index contributed by atoms with van der Waals surface area (Å²) in [7, 11) is 4.87. The van der Waals surface area contributed by atoms with Crippen molar-refractivity contribution in [3.63, 3.8) is 0 Å². The number of nitrogens with zero attached hydrogens (tertiary/aromatic N) is 1. The quantitative estimate of drug-likeness (QED) is 0.556. The zero-order valence-corrected chi connectivity index (χ0v) is 8.33. The van der Waals surface area contributed by atoms with E-state index in [9.17, 15) is 14.7 Å². The summed E-state index contributed by atoms with van der Waals surface area (Å²) in [5.74, 6) is -2.48. The van der Waals surface area contributed by atoms with Crippen molar-refractivity contribution >= 4 is 11.9 Å². The zero-order valence-electron chi connectivity index (χ0n) is 8.33. The highest BCUT2D eigenvalue weighted by molar-refractivity contribution is 5.81. The first-order chi connectivity index (χ1) is 5.61. The van der Waals surface area contributed by atoms with Crippen LogP contribution in [0.5, 0.6) is 0 Å². The van der Waals surface area contributed by atoms with Crippen LogP contribution >= 0.6 is 0 Å². The zero-order chi connectivity index (χ0) is 10.9. The van der Waals surface area contributed by atoms with Crippen LogP contribution in [0.4, 0.5) is 0 Å². The van der Waals surface area contributed by atoms with Crippen molar-refractivity contribution in [2.45, 2.75) is 18.9 Å². The van der Waals surface area contributed by atoms with Gasteiger partial charge in [-0.3, -0.25) is 4.79 Å². The molecule has 5 heteroatoms. The fourth-order valence-corrected chi connectivity index (χ4v) is 0.878. The van der Waals surface area contributed by atoms with Crippen LogP contribution in [0, 0.1) is 0 Å². The fraction of sp³-hybridized carbons (Fsp3) is 0.750. The van der Waals surface area contributed by atoms with Gasteiger partial charge in [0.1, 0.15) is 17.9 Å². The highest BCUT2D eigenvalue weighted by Gasteiger charge is 2.41. The third kappa shape index (κ3) is 2.42. The maximum atomic E-state index is 10.8. The molecule has 1 atom stereocenters. The number of rotatable bonds is 4. The number of carbonyl (C=O) groups excluding carboxylic acids is 1. The van der Waals surface area contributed by atoms with Crippen LogP contribution in [0.1, 0.15) is 13.3 Å². The lowest BCUT2D eigenvalue weighted by molar-refractivity contribution is -0.913. The smallest absolute Gasteiger partial charge is 0.310 e. The normalized spacial score (nSPS) is 16.3. The molecule has 0 heterocycles. The van der Waals surface area contributed by atoms with Gasteiger partial charge in [-0.2, -0.15) is 0 Å². The average molecular weight is 189 g/mol. The molecule has 1 unspecified atom stereocenters. The molecule has 0 amide bonds. The predicted octanol–water partition coefficient (Wildman–Crippen LogP) is -1.32. The molecule has 0 aliphatic carbocycles. The second-order valence-corrected chi connectivity index (χ2v) is 4.14. The summed E-state index contributed by atoms with van der Waals surface area (Å²) >= 11 is 0. The molecule has 0 aromatic rings. The molecule has 0 spiro atoms.